The minimum absolute atomic E-state index is 0.585. The van der Waals surface area contributed by atoms with Gasteiger partial charge in [-0.05, 0) is 31.1 Å². The Morgan fingerprint density at radius 3 is 2.38 bits per heavy atom. The highest BCUT2D eigenvalue weighted by Crippen LogP contribution is 2.18. The van der Waals surface area contributed by atoms with Crippen LogP contribution in [-0.4, -0.2) is 52.2 Å². The number of anilines is 1. The lowest BCUT2D eigenvalue weighted by molar-refractivity contribution is 0.353. The van der Waals surface area contributed by atoms with Crippen molar-refractivity contribution in [3.8, 4) is 0 Å². The summed E-state index contributed by atoms with van der Waals surface area (Å²) in [6.07, 6.45) is 10.2. The van der Waals surface area contributed by atoms with Gasteiger partial charge in [0.05, 0.1) is 0 Å². The van der Waals surface area contributed by atoms with E-state index in [-0.39, 0.29) is 0 Å². The van der Waals surface area contributed by atoms with Crippen LogP contribution in [0.15, 0.2) is 18.5 Å². The molecule has 1 saturated heterocycles. The van der Waals surface area contributed by atoms with Crippen LogP contribution in [0.25, 0.3) is 0 Å². The summed E-state index contributed by atoms with van der Waals surface area (Å²) in [6.45, 7) is 3.74. The zero-order valence-corrected chi connectivity index (χ0v) is 13.2. The standard InChI is InChI=1S/C15H23N5S/c21-15(18-13-5-2-1-3-6-13)20-11-9-19(10-12-20)14-16-7-4-8-17-14/h4,7-8,13H,1-3,5-6,9-12H2,(H,18,21). The predicted octanol–water partition coefficient (Wildman–Crippen LogP) is 1.81. The van der Waals surface area contributed by atoms with Crippen molar-refractivity contribution in [3.05, 3.63) is 18.5 Å². The van der Waals surface area contributed by atoms with Crippen LogP contribution in [-0.2, 0) is 0 Å². The van der Waals surface area contributed by atoms with Gasteiger partial charge in [0.25, 0.3) is 0 Å². The molecule has 1 N–H and O–H groups in total. The average Bonchev–Trinajstić information content (AvgIpc) is 2.57. The maximum Gasteiger partial charge on any atom is 0.225 e. The van der Waals surface area contributed by atoms with E-state index >= 15 is 0 Å². The Kier molecular flexibility index (Phi) is 4.85. The minimum Gasteiger partial charge on any atom is -0.360 e. The molecule has 0 amide bonds. The van der Waals surface area contributed by atoms with Gasteiger partial charge in [-0.2, -0.15) is 0 Å². The Hall–Kier alpha value is -1.43. The summed E-state index contributed by atoms with van der Waals surface area (Å²) < 4.78 is 0. The predicted molar refractivity (Wildman–Crippen MR) is 88.4 cm³/mol. The number of hydrogen-bond donors (Lipinski definition) is 1. The monoisotopic (exact) mass is 305 g/mol. The lowest BCUT2D eigenvalue weighted by atomic mass is 9.96. The van der Waals surface area contributed by atoms with E-state index in [2.05, 4.69) is 25.1 Å². The smallest absolute Gasteiger partial charge is 0.225 e. The molecule has 0 radical (unpaired) electrons. The first-order chi connectivity index (χ1) is 10.3. The molecule has 0 aromatic carbocycles. The van der Waals surface area contributed by atoms with Crippen LogP contribution in [0.4, 0.5) is 5.95 Å². The number of thiocarbonyl (C=S) groups is 1. The number of nitrogens with zero attached hydrogens (tertiary/aromatic N) is 4. The molecule has 2 aliphatic rings. The number of nitrogens with one attached hydrogen (secondary N) is 1. The van der Waals surface area contributed by atoms with Crippen LogP contribution in [0.2, 0.25) is 0 Å². The molecule has 114 valence electrons. The second-order valence-electron chi connectivity index (χ2n) is 5.81. The van der Waals surface area contributed by atoms with Crippen molar-refractivity contribution in [2.45, 2.75) is 38.1 Å². The molecule has 21 heavy (non-hydrogen) atoms. The maximum absolute atomic E-state index is 5.58. The Labute approximate surface area is 131 Å². The zero-order chi connectivity index (χ0) is 14.5. The third-order valence-electron chi connectivity index (χ3n) is 4.33. The lowest BCUT2D eigenvalue weighted by Gasteiger charge is -2.37. The van der Waals surface area contributed by atoms with E-state index in [1.165, 1.54) is 32.1 Å². The molecule has 1 aromatic heterocycles. The molecule has 2 fully saturated rings. The maximum atomic E-state index is 5.58. The van der Waals surface area contributed by atoms with Crippen molar-refractivity contribution < 1.29 is 0 Å². The van der Waals surface area contributed by atoms with Gasteiger partial charge in [0.1, 0.15) is 0 Å². The van der Waals surface area contributed by atoms with Gasteiger partial charge >= 0.3 is 0 Å². The Bertz CT molecular complexity index is 452. The van der Waals surface area contributed by atoms with Gasteiger partial charge in [-0.25, -0.2) is 9.97 Å². The van der Waals surface area contributed by atoms with Gasteiger partial charge in [-0.3, -0.25) is 0 Å². The molecule has 1 aromatic rings. The van der Waals surface area contributed by atoms with Gasteiger partial charge in [-0.15, -0.1) is 0 Å². The highest BCUT2D eigenvalue weighted by atomic mass is 32.1. The van der Waals surface area contributed by atoms with Gasteiger partial charge in [-0.1, -0.05) is 19.3 Å². The van der Waals surface area contributed by atoms with Gasteiger partial charge in [0.15, 0.2) is 5.11 Å². The van der Waals surface area contributed by atoms with E-state index < -0.39 is 0 Å². The van der Waals surface area contributed by atoms with E-state index in [0.717, 1.165) is 37.2 Å². The number of hydrogen-bond acceptors (Lipinski definition) is 4. The number of aromatic nitrogens is 2. The van der Waals surface area contributed by atoms with E-state index in [9.17, 15) is 0 Å². The summed E-state index contributed by atoms with van der Waals surface area (Å²) >= 11 is 5.58. The third-order valence-corrected chi connectivity index (χ3v) is 4.71. The van der Waals surface area contributed by atoms with Gasteiger partial charge < -0.3 is 15.1 Å². The Balaban J connectivity index is 1.47. The van der Waals surface area contributed by atoms with Crippen LogP contribution in [0.5, 0.6) is 0 Å². The number of rotatable bonds is 2. The summed E-state index contributed by atoms with van der Waals surface area (Å²) in [4.78, 5) is 13.1. The molecule has 6 heteroatoms. The molecule has 0 unspecified atom stereocenters. The molecule has 0 bridgehead atoms. The molecule has 1 aliphatic heterocycles. The van der Waals surface area contributed by atoms with Crippen molar-refractivity contribution in [1.29, 1.82) is 0 Å². The summed E-state index contributed by atoms with van der Waals surface area (Å²) in [5, 5.41) is 4.48. The number of piperazine rings is 1. The first-order valence-electron chi connectivity index (χ1n) is 7.90. The first-order valence-corrected chi connectivity index (χ1v) is 8.31. The van der Waals surface area contributed by atoms with E-state index in [1.807, 2.05) is 6.07 Å². The fourth-order valence-electron chi connectivity index (χ4n) is 3.08. The molecule has 0 spiro atoms. The molecule has 5 nitrogen and oxygen atoms in total. The van der Waals surface area contributed by atoms with Crippen molar-refractivity contribution in [2.75, 3.05) is 31.1 Å². The van der Waals surface area contributed by atoms with E-state index in [4.69, 9.17) is 12.2 Å². The van der Waals surface area contributed by atoms with Crippen LogP contribution in [0.3, 0.4) is 0 Å². The summed E-state index contributed by atoms with van der Waals surface area (Å²) in [7, 11) is 0. The zero-order valence-electron chi connectivity index (χ0n) is 12.4. The third kappa shape index (κ3) is 3.81. The molecular formula is C15H23N5S. The van der Waals surface area contributed by atoms with Crippen molar-refractivity contribution in [1.82, 2.24) is 20.2 Å². The second kappa shape index (κ2) is 7.02. The van der Waals surface area contributed by atoms with E-state index in [1.54, 1.807) is 12.4 Å². The summed E-state index contributed by atoms with van der Waals surface area (Å²) in [5.74, 6) is 0.823. The molecule has 1 aliphatic carbocycles. The molecule has 2 heterocycles. The Morgan fingerprint density at radius 2 is 1.71 bits per heavy atom. The molecular weight excluding hydrogens is 282 g/mol. The molecule has 0 atom stereocenters. The fraction of sp³-hybridized carbons (Fsp3) is 0.667. The van der Waals surface area contributed by atoms with E-state index in [0.29, 0.717) is 6.04 Å². The van der Waals surface area contributed by atoms with Crippen LogP contribution < -0.4 is 10.2 Å². The molecule has 3 rings (SSSR count). The SMILES string of the molecule is S=C(NC1CCCCC1)N1CCN(c2ncccn2)CC1. The van der Waals surface area contributed by atoms with Crippen LogP contribution in [0.1, 0.15) is 32.1 Å². The largest absolute Gasteiger partial charge is 0.360 e. The van der Waals surface area contributed by atoms with Crippen LogP contribution >= 0.6 is 12.2 Å². The highest BCUT2D eigenvalue weighted by molar-refractivity contribution is 7.80. The minimum atomic E-state index is 0.585. The Morgan fingerprint density at radius 1 is 1.05 bits per heavy atom. The topological polar surface area (TPSA) is 44.3 Å². The normalized spacial score (nSPS) is 20.4. The fourth-order valence-corrected chi connectivity index (χ4v) is 3.43. The van der Waals surface area contributed by atoms with Gasteiger partial charge in [0, 0.05) is 44.6 Å². The molecule has 1 saturated carbocycles. The summed E-state index contributed by atoms with van der Waals surface area (Å²) in [6, 6.07) is 2.44. The second-order valence-corrected chi connectivity index (χ2v) is 6.19. The quantitative estimate of drug-likeness (QED) is 0.841. The van der Waals surface area contributed by atoms with Crippen molar-refractivity contribution in [2.24, 2.45) is 0 Å². The highest BCUT2D eigenvalue weighted by Gasteiger charge is 2.22. The average molecular weight is 305 g/mol. The van der Waals surface area contributed by atoms with Crippen molar-refractivity contribution in [3.63, 3.8) is 0 Å². The van der Waals surface area contributed by atoms with Crippen LogP contribution in [0, 0.1) is 0 Å². The van der Waals surface area contributed by atoms with Gasteiger partial charge in [0.2, 0.25) is 5.95 Å². The summed E-state index contributed by atoms with van der Waals surface area (Å²) in [5.41, 5.74) is 0. The lowest BCUT2D eigenvalue weighted by Crippen LogP contribution is -2.53. The first kappa shape index (κ1) is 14.5. The van der Waals surface area contributed by atoms with Crippen molar-refractivity contribution >= 4 is 23.3 Å².